The Morgan fingerprint density at radius 1 is 1.45 bits per heavy atom. The zero-order chi connectivity index (χ0) is 22.7. The molecule has 0 bridgehead atoms. The average molecular weight is 468 g/mol. The van der Waals surface area contributed by atoms with Crippen molar-refractivity contribution >= 4 is 57.8 Å². The van der Waals surface area contributed by atoms with Gasteiger partial charge in [0.05, 0.1) is 0 Å². The number of aromatic nitrogens is 1. The van der Waals surface area contributed by atoms with Crippen LogP contribution in [0.5, 0.6) is 0 Å². The number of fused-ring (bicyclic) bond motifs is 1. The van der Waals surface area contributed by atoms with Crippen LogP contribution in [-0.2, 0) is 19.1 Å². The van der Waals surface area contributed by atoms with Crippen LogP contribution in [0.25, 0.3) is 0 Å². The number of allylic oxidation sites excluding steroid dienone is 1. The lowest BCUT2D eigenvalue weighted by Gasteiger charge is -2.49. The highest BCUT2D eigenvalue weighted by Crippen LogP contribution is 2.40. The summed E-state index contributed by atoms with van der Waals surface area (Å²) >= 11 is 2.27. The number of primary amides is 1. The highest BCUT2D eigenvalue weighted by atomic mass is 32.2. The number of thiazole rings is 1. The number of oxime groups is 1. The van der Waals surface area contributed by atoms with Gasteiger partial charge in [-0.3, -0.25) is 14.5 Å². The number of anilines is 1. The van der Waals surface area contributed by atoms with Crippen molar-refractivity contribution in [2.24, 2.45) is 10.9 Å². The van der Waals surface area contributed by atoms with E-state index in [0.29, 0.717) is 5.57 Å². The fourth-order valence-electron chi connectivity index (χ4n) is 2.91. The fraction of sp³-hybridized carbons (Fsp3) is 0.250. The molecule has 0 aromatic carbocycles. The lowest BCUT2D eigenvalue weighted by Crippen LogP contribution is -2.71. The number of rotatable bonds is 7. The zero-order valence-corrected chi connectivity index (χ0v) is 17.2. The van der Waals surface area contributed by atoms with Gasteiger partial charge in [-0.05, 0) is 11.6 Å². The standard InChI is InChI=1S/C16H16N6O7S2/c17-15-19-7(5-31-15)8(21-28)11(23)20-9-12(24)22-10(14(25)26)6(4-30-13(9)22)2-1-3-29-16(18)27/h1-2,5,9,13,28H,3-4H2,(H2,17,19)(H2,18,27)(H,20,23)(H,25,26)/b2-1-,21-8-/t9-,13-/m1/s1. The summed E-state index contributed by atoms with van der Waals surface area (Å²) < 4.78 is 4.55. The van der Waals surface area contributed by atoms with Crippen LogP contribution >= 0.6 is 23.1 Å². The molecule has 0 radical (unpaired) electrons. The molecular weight excluding hydrogens is 452 g/mol. The van der Waals surface area contributed by atoms with E-state index in [1.165, 1.54) is 29.3 Å². The van der Waals surface area contributed by atoms with Crippen molar-refractivity contribution in [2.75, 3.05) is 18.1 Å². The normalized spacial score (nSPS) is 21.0. The molecular formula is C16H16N6O7S2. The first kappa shape index (κ1) is 22.1. The Morgan fingerprint density at radius 2 is 2.19 bits per heavy atom. The Bertz CT molecular complexity index is 1030. The van der Waals surface area contributed by atoms with E-state index in [9.17, 15) is 24.3 Å². The van der Waals surface area contributed by atoms with Crippen LogP contribution in [0.1, 0.15) is 5.69 Å². The number of nitrogens with zero attached hydrogens (tertiary/aromatic N) is 3. The molecule has 0 aliphatic carbocycles. The molecule has 13 nitrogen and oxygen atoms in total. The molecule has 1 aromatic heterocycles. The topological polar surface area (TPSA) is 211 Å². The summed E-state index contributed by atoms with van der Waals surface area (Å²) in [6, 6.07) is -1.02. The van der Waals surface area contributed by atoms with E-state index in [1.54, 1.807) is 0 Å². The summed E-state index contributed by atoms with van der Waals surface area (Å²) in [5.41, 5.74) is 10.1. The van der Waals surface area contributed by atoms with Gasteiger partial charge in [0.25, 0.3) is 11.8 Å². The molecule has 1 fully saturated rings. The average Bonchev–Trinajstić information content (AvgIpc) is 3.14. The Hall–Kier alpha value is -3.59. The number of carboxylic acids is 1. The number of ether oxygens (including phenoxy) is 1. The van der Waals surface area contributed by atoms with Gasteiger partial charge in [-0.15, -0.1) is 23.1 Å². The Morgan fingerprint density at radius 3 is 2.77 bits per heavy atom. The highest BCUT2D eigenvalue weighted by Gasteiger charge is 2.54. The van der Waals surface area contributed by atoms with Gasteiger partial charge in [0.1, 0.15) is 29.4 Å². The minimum atomic E-state index is -1.32. The molecule has 2 aliphatic rings. The number of nitrogens with one attached hydrogen (secondary N) is 1. The minimum Gasteiger partial charge on any atom is -0.477 e. The van der Waals surface area contributed by atoms with Crippen molar-refractivity contribution in [3.8, 4) is 0 Å². The van der Waals surface area contributed by atoms with E-state index in [4.69, 9.17) is 16.7 Å². The SMILES string of the molecule is NC(=O)OC/C=C\C1=C(C(=O)O)N2C(=O)[C@@H](NC(=O)/C(=N\O)c3csc(N)n3)[C@H]2SC1. The number of β-lactam (4-membered cyclic amide) rings is 1. The van der Waals surface area contributed by atoms with E-state index < -0.39 is 41.0 Å². The number of aliphatic carboxylic acids is 1. The maximum Gasteiger partial charge on any atom is 0.404 e. The predicted molar refractivity (Wildman–Crippen MR) is 109 cm³/mol. The lowest BCUT2D eigenvalue weighted by atomic mass is 10.0. The van der Waals surface area contributed by atoms with E-state index >= 15 is 0 Å². The number of carbonyl (C=O) groups is 4. The number of amides is 3. The summed E-state index contributed by atoms with van der Waals surface area (Å²) in [4.78, 5) is 52.3. The monoisotopic (exact) mass is 468 g/mol. The third-order valence-electron chi connectivity index (χ3n) is 4.21. The molecule has 1 aromatic rings. The first-order chi connectivity index (χ1) is 14.7. The zero-order valence-electron chi connectivity index (χ0n) is 15.5. The van der Waals surface area contributed by atoms with E-state index in [2.05, 4.69) is 20.2 Å². The van der Waals surface area contributed by atoms with Crippen LogP contribution < -0.4 is 16.8 Å². The van der Waals surface area contributed by atoms with Gasteiger partial charge in [0.15, 0.2) is 10.8 Å². The molecule has 164 valence electrons. The van der Waals surface area contributed by atoms with E-state index in [-0.39, 0.29) is 28.9 Å². The number of nitrogen functional groups attached to an aromatic ring is 1. The Labute approximate surface area is 182 Å². The van der Waals surface area contributed by atoms with Crippen LogP contribution in [-0.4, -0.2) is 73.6 Å². The van der Waals surface area contributed by atoms with Crippen LogP contribution in [0, 0.1) is 0 Å². The summed E-state index contributed by atoms with van der Waals surface area (Å²) in [5, 5.41) is 25.0. The molecule has 2 aliphatic heterocycles. The Balaban J connectivity index is 1.74. The number of carbonyl (C=O) groups excluding carboxylic acids is 3. The van der Waals surface area contributed by atoms with Gasteiger partial charge in [-0.1, -0.05) is 11.2 Å². The smallest absolute Gasteiger partial charge is 0.404 e. The van der Waals surface area contributed by atoms with Crippen molar-refractivity contribution in [3.05, 3.63) is 34.5 Å². The molecule has 7 N–H and O–H groups in total. The van der Waals surface area contributed by atoms with Gasteiger partial charge in [0, 0.05) is 11.1 Å². The van der Waals surface area contributed by atoms with Crippen LogP contribution in [0.4, 0.5) is 9.93 Å². The maximum absolute atomic E-state index is 12.6. The van der Waals surface area contributed by atoms with Crippen molar-refractivity contribution in [1.82, 2.24) is 15.2 Å². The second-order valence-corrected chi connectivity index (χ2v) is 8.09. The maximum atomic E-state index is 12.6. The summed E-state index contributed by atoms with van der Waals surface area (Å²) in [5.74, 6) is -2.60. The van der Waals surface area contributed by atoms with E-state index in [0.717, 1.165) is 16.2 Å². The van der Waals surface area contributed by atoms with Gasteiger partial charge < -0.3 is 31.8 Å². The molecule has 3 heterocycles. The van der Waals surface area contributed by atoms with Crippen molar-refractivity contribution < 1.29 is 34.2 Å². The van der Waals surface area contributed by atoms with Crippen LogP contribution in [0.3, 0.4) is 0 Å². The number of hydrogen-bond donors (Lipinski definition) is 5. The molecule has 0 saturated carbocycles. The van der Waals surface area contributed by atoms with Crippen molar-refractivity contribution in [1.29, 1.82) is 0 Å². The number of thioether (sulfide) groups is 1. The molecule has 3 rings (SSSR count). The van der Waals surface area contributed by atoms with Gasteiger partial charge in [0.2, 0.25) is 0 Å². The number of hydrogen-bond acceptors (Lipinski definition) is 11. The van der Waals surface area contributed by atoms with Gasteiger partial charge >= 0.3 is 12.1 Å². The van der Waals surface area contributed by atoms with E-state index in [1.807, 2.05) is 0 Å². The minimum absolute atomic E-state index is 0.0409. The molecule has 3 amide bonds. The second kappa shape index (κ2) is 9.05. The Kier molecular flexibility index (Phi) is 6.45. The summed E-state index contributed by atoms with van der Waals surface area (Å²) in [7, 11) is 0. The van der Waals surface area contributed by atoms with Gasteiger partial charge in [-0.25, -0.2) is 14.6 Å². The summed E-state index contributed by atoms with van der Waals surface area (Å²) in [6.45, 7) is -0.156. The molecule has 1 saturated heterocycles. The predicted octanol–water partition coefficient (Wildman–Crippen LogP) is -0.706. The quantitative estimate of drug-likeness (QED) is 0.147. The first-order valence-corrected chi connectivity index (χ1v) is 10.4. The fourth-order valence-corrected chi connectivity index (χ4v) is 4.78. The number of carboxylic acid groups (broad SMARTS) is 1. The van der Waals surface area contributed by atoms with Crippen molar-refractivity contribution in [3.63, 3.8) is 0 Å². The van der Waals surface area contributed by atoms with Crippen LogP contribution in [0.15, 0.2) is 34.0 Å². The number of nitrogens with two attached hydrogens (primary N) is 2. The van der Waals surface area contributed by atoms with Crippen molar-refractivity contribution in [2.45, 2.75) is 11.4 Å². The van der Waals surface area contributed by atoms with Gasteiger partial charge in [-0.2, -0.15) is 0 Å². The molecule has 15 heteroatoms. The summed E-state index contributed by atoms with van der Waals surface area (Å²) in [6.07, 6.45) is 1.85. The molecule has 0 unspecified atom stereocenters. The third kappa shape index (κ3) is 4.46. The second-order valence-electron chi connectivity index (χ2n) is 6.09. The highest BCUT2D eigenvalue weighted by molar-refractivity contribution is 8.00. The molecule has 31 heavy (non-hydrogen) atoms. The largest absolute Gasteiger partial charge is 0.477 e. The third-order valence-corrected chi connectivity index (χ3v) is 6.18. The van der Waals surface area contributed by atoms with Crippen LogP contribution in [0.2, 0.25) is 0 Å². The molecule has 0 spiro atoms. The molecule has 2 atom stereocenters. The lowest BCUT2D eigenvalue weighted by molar-refractivity contribution is -0.150. The first-order valence-electron chi connectivity index (χ1n) is 8.48.